The third-order valence-corrected chi connectivity index (χ3v) is 2.61. The van der Waals surface area contributed by atoms with Crippen LogP contribution >= 0.6 is 0 Å². The normalized spacial score (nSPS) is 13.9. The molecule has 3 heteroatoms. The van der Waals surface area contributed by atoms with Crippen molar-refractivity contribution in [2.24, 2.45) is 0 Å². The van der Waals surface area contributed by atoms with Crippen molar-refractivity contribution < 1.29 is 9.59 Å². The fourth-order valence-corrected chi connectivity index (χ4v) is 1.78. The Hall–Kier alpha value is -2.08. The lowest BCUT2D eigenvalue weighted by molar-refractivity contribution is 0.0658. The van der Waals surface area contributed by atoms with Crippen molar-refractivity contribution >= 4 is 11.8 Å². The molecule has 0 atom stereocenters. The number of aryl methyl sites for hydroxylation is 1. The predicted molar refractivity (Wildman–Crippen MR) is 60.0 cm³/mol. The molecule has 2 rings (SSSR count). The average Bonchev–Trinajstić information content (AvgIpc) is 2.50. The molecule has 1 aliphatic rings. The number of nitrogens with zero attached hydrogens (tertiary/aromatic N) is 1. The lowest BCUT2D eigenvalue weighted by atomic mass is 10.1. The summed E-state index contributed by atoms with van der Waals surface area (Å²) in [4.78, 5) is 25.0. The number of fused-ring (bicyclic) bond motifs is 1. The first kappa shape index (κ1) is 10.4. The Morgan fingerprint density at radius 1 is 1.25 bits per heavy atom. The second-order valence-electron chi connectivity index (χ2n) is 3.77. The Labute approximate surface area is 94.1 Å². The maximum atomic E-state index is 11.9. The van der Waals surface area contributed by atoms with E-state index >= 15 is 0 Å². The van der Waals surface area contributed by atoms with Crippen LogP contribution in [0.2, 0.25) is 0 Å². The highest BCUT2D eigenvalue weighted by Gasteiger charge is 2.34. The molecule has 0 saturated carbocycles. The Morgan fingerprint density at radius 3 is 2.62 bits per heavy atom. The summed E-state index contributed by atoms with van der Waals surface area (Å²) in [7, 11) is 0. The van der Waals surface area contributed by atoms with Crippen LogP contribution in [0.15, 0.2) is 18.2 Å². The van der Waals surface area contributed by atoms with E-state index in [-0.39, 0.29) is 11.8 Å². The van der Waals surface area contributed by atoms with Crippen LogP contribution in [0.5, 0.6) is 0 Å². The van der Waals surface area contributed by atoms with Gasteiger partial charge >= 0.3 is 0 Å². The van der Waals surface area contributed by atoms with Gasteiger partial charge < -0.3 is 0 Å². The highest BCUT2D eigenvalue weighted by Crippen LogP contribution is 2.23. The summed E-state index contributed by atoms with van der Waals surface area (Å²) < 4.78 is 0. The largest absolute Gasteiger partial charge is 0.273 e. The summed E-state index contributed by atoms with van der Waals surface area (Å²) in [6.45, 7) is 2.18. The van der Waals surface area contributed by atoms with E-state index in [1.807, 2.05) is 13.0 Å². The van der Waals surface area contributed by atoms with Gasteiger partial charge in [-0.1, -0.05) is 11.6 Å². The summed E-state index contributed by atoms with van der Waals surface area (Å²) in [6, 6.07) is 5.26. The maximum absolute atomic E-state index is 11.9. The monoisotopic (exact) mass is 213 g/mol. The fourth-order valence-electron chi connectivity index (χ4n) is 1.78. The lowest BCUT2D eigenvalue weighted by Gasteiger charge is -2.10. The van der Waals surface area contributed by atoms with Crippen LogP contribution < -0.4 is 0 Å². The quantitative estimate of drug-likeness (QED) is 0.553. The second kappa shape index (κ2) is 3.82. The molecule has 80 valence electrons. The molecule has 2 amide bonds. The minimum atomic E-state index is -0.241. The van der Waals surface area contributed by atoms with Crippen molar-refractivity contribution in [3.63, 3.8) is 0 Å². The summed E-state index contributed by atoms with van der Waals surface area (Å²) in [5.41, 5.74) is 1.94. The molecular formula is C13H11NO2. The van der Waals surface area contributed by atoms with Crippen LogP contribution in [-0.2, 0) is 0 Å². The van der Waals surface area contributed by atoms with Crippen molar-refractivity contribution in [1.29, 1.82) is 0 Å². The van der Waals surface area contributed by atoms with Gasteiger partial charge in [0.25, 0.3) is 11.8 Å². The first-order valence-corrected chi connectivity index (χ1v) is 5.05. The van der Waals surface area contributed by atoms with Crippen LogP contribution in [0.1, 0.15) is 32.7 Å². The van der Waals surface area contributed by atoms with Crippen LogP contribution in [0.25, 0.3) is 0 Å². The molecule has 16 heavy (non-hydrogen) atoms. The molecule has 0 aliphatic carbocycles. The maximum Gasteiger partial charge on any atom is 0.261 e. The molecule has 0 saturated heterocycles. The van der Waals surface area contributed by atoms with Gasteiger partial charge in [0.05, 0.1) is 11.1 Å². The number of amides is 2. The van der Waals surface area contributed by atoms with Crippen molar-refractivity contribution in [2.75, 3.05) is 6.54 Å². The number of hydrogen-bond donors (Lipinski definition) is 0. The van der Waals surface area contributed by atoms with E-state index in [4.69, 9.17) is 6.42 Å². The molecule has 0 bridgehead atoms. The summed E-state index contributed by atoms with van der Waals surface area (Å²) in [6.07, 6.45) is 5.52. The number of imide groups is 1. The molecule has 1 aliphatic heterocycles. The number of carbonyl (C=O) groups is 2. The zero-order valence-corrected chi connectivity index (χ0v) is 8.99. The topological polar surface area (TPSA) is 37.4 Å². The van der Waals surface area contributed by atoms with Crippen molar-refractivity contribution in [3.05, 3.63) is 34.9 Å². The second-order valence-corrected chi connectivity index (χ2v) is 3.77. The molecule has 1 heterocycles. The summed E-state index contributed by atoms with van der Waals surface area (Å²) >= 11 is 0. The molecule has 1 aromatic carbocycles. The highest BCUT2D eigenvalue weighted by molar-refractivity contribution is 6.21. The van der Waals surface area contributed by atoms with E-state index in [1.54, 1.807) is 12.1 Å². The molecule has 3 nitrogen and oxygen atoms in total. The van der Waals surface area contributed by atoms with Crippen molar-refractivity contribution in [1.82, 2.24) is 4.90 Å². The molecule has 0 unspecified atom stereocenters. The molecule has 0 N–H and O–H groups in total. The Bertz CT molecular complexity index is 511. The van der Waals surface area contributed by atoms with Crippen LogP contribution in [0, 0.1) is 19.3 Å². The fraction of sp³-hybridized carbons (Fsp3) is 0.231. The van der Waals surface area contributed by atoms with Gasteiger partial charge in [-0.05, 0) is 19.1 Å². The predicted octanol–water partition coefficient (Wildman–Crippen LogP) is 1.61. The number of carbonyl (C=O) groups excluding carboxylic acids is 2. The van der Waals surface area contributed by atoms with Crippen LogP contribution in [-0.4, -0.2) is 23.3 Å². The summed E-state index contributed by atoms with van der Waals surface area (Å²) in [5, 5.41) is 0. The van der Waals surface area contributed by atoms with Gasteiger partial charge in [-0.15, -0.1) is 12.3 Å². The number of hydrogen-bond acceptors (Lipinski definition) is 2. The number of rotatable bonds is 2. The molecule has 0 spiro atoms. The summed E-state index contributed by atoms with van der Waals surface area (Å²) in [5.74, 6) is 1.95. The SMILES string of the molecule is C#CCCN1C(=O)c2ccc(C)cc2C1=O. The van der Waals surface area contributed by atoms with Gasteiger partial charge in [0, 0.05) is 13.0 Å². The number of benzene rings is 1. The molecule has 0 fully saturated rings. The molecule has 0 aromatic heterocycles. The van der Waals surface area contributed by atoms with E-state index < -0.39 is 0 Å². The van der Waals surface area contributed by atoms with E-state index in [9.17, 15) is 9.59 Å². The smallest absolute Gasteiger partial charge is 0.261 e. The van der Waals surface area contributed by atoms with Gasteiger partial charge in [-0.3, -0.25) is 14.5 Å². The van der Waals surface area contributed by atoms with E-state index in [0.29, 0.717) is 24.1 Å². The van der Waals surface area contributed by atoms with E-state index in [1.165, 1.54) is 4.90 Å². The van der Waals surface area contributed by atoms with Crippen LogP contribution in [0.3, 0.4) is 0 Å². The van der Waals surface area contributed by atoms with Gasteiger partial charge in [0.1, 0.15) is 0 Å². The van der Waals surface area contributed by atoms with E-state index in [0.717, 1.165) is 5.56 Å². The van der Waals surface area contributed by atoms with Gasteiger partial charge in [-0.2, -0.15) is 0 Å². The van der Waals surface area contributed by atoms with Crippen molar-refractivity contribution in [2.45, 2.75) is 13.3 Å². The van der Waals surface area contributed by atoms with Gasteiger partial charge in [0.2, 0.25) is 0 Å². The van der Waals surface area contributed by atoms with Crippen molar-refractivity contribution in [3.8, 4) is 12.3 Å². The van der Waals surface area contributed by atoms with Crippen LogP contribution in [0.4, 0.5) is 0 Å². The first-order valence-electron chi connectivity index (χ1n) is 5.05. The lowest BCUT2D eigenvalue weighted by Crippen LogP contribution is -2.30. The molecule has 1 aromatic rings. The minimum Gasteiger partial charge on any atom is -0.273 e. The zero-order chi connectivity index (χ0) is 11.7. The molecular weight excluding hydrogens is 202 g/mol. The number of terminal acetylenes is 1. The highest BCUT2D eigenvalue weighted by atomic mass is 16.2. The Morgan fingerprint density at radius 2 is 1.94 bits per heavy atom. The third-order valence-electron chi connectivity index (χ3n) is 2.61. The average molecular weight is 213 g/mol. The standard InChI is InChI=1S/C13H11NO2/c1-3-4-7-14-12(15)10-6-5-9(2)8-11(10)13(14)16/h1,5-6,8H,4,7H2,2H3. The Balaban J connectivity index is 2.37. The van der Waals surface area contributed by atoms with Gasteiger partial charge in [-0.25, -0.2) is 0 Å². The molecule has 0 radical (unpaired) electrons. The zero-order valence-electron chi connectivity index (χ0n) is 8.99. The third kappa shape index (κ3) is 1.49. The minimum absolute atomic E-state index is 0.237. The van der Waals surface area contributed by atoms with Gasteiger partial charge in [0.15, 0.2) is 0 Å². The first-order chi connectivity index (χ1) is 7.65. The Kier molecular flexibility index (Phi) is 2.49. The van der Waals surface area contributed by atoms with E-state index in [2.05, 4.69) is 5.92 Å².